The van der Waals surface area contributed by atoms with Crippen molar-refractivity contribution in [1.82, 2.24) is 0 Å². The van der Waals surface area contributed by atoms with E-state index in [1.54, 1.807) is 54.6 Å². The van der Waals surface area contributed by atoms with Gasteiger partial charge in [0.25, 0.3) is 11.8 Å². The molecule has 0 spiro atoms. The minimum absolute atomic E-state index is 0.183. The van der Waals surface area contributed by atoms with Crippen LogP contribution < -0.4 is 10.6 Å². The van der Waals surface area contributed by atoms with Crippen molar-refractivity contribution in [3.63, 3.8) is 0 Å². The molecule has 0 bridgehead atoms. The zero-order chi connectivity index (χ0) is 20.2. The first-order valence-electron chi connectivity index (χ1n) is 9.06. The van der Waals surface area contributed by atoms with Crippen molar-refractivity contribution in [1.29, 1.82) is 0 Å². The molecule has 4 aromatic carbocycles. The van der Waals surface area contributed by atoms with Crippen LogP contribution in [0.15, 0.2) is 91.0 Å². The molecule has 0 heterocycles. The van der Waals surface area contributed by atoms with Crippen LogP contribution in [0.5, 0.6) is 0 Å². The molecule has 0 aliphatic rings. The lowest BCUT2D eigenvalue weighted by Crippen LogP contribution is -2.13. The number of amides is 2. The molecule has 0 unspecified atom stereocenters. The third kappa shape index (κ3) is 4.28. The summed E-state index contributed by atoms with van der Waals surface area (Å²) in [6, 6.07) is 27.1. The first kappa shape index (κ1) is 18.7. The van der Waals surface area contributed by atoms with Gasteiger partial charge < -0.3 is 10.6 Å². The summed E-state index contributed by atoms with van der Waals surface area (Å²) in [5.74, 6) is -0.433. The number of anilines is 2. The van der Waals surface area contributed by atoms with Crippen LogP contribution in [0.1, 0.15) is 20.7 Å². The maximum absolute atomic E-state index is 12.7. The Labute approximate surface area is 173 Å². The van der Waals surface area contributed by atoms with Crippen molar-refractivity contribution < 1.29 is 9.59 Å². The topological polar surface area (TPSA) is 58.2 Å². The summed E-state index contributed by atoms with van der Waals surface area (Å²) in [7, 11) is 0. The lowest BCUT2D eigenvalue weighted by Gasteiger charge is -2.10. The van der Waals surface area contributed by atoms with Gasteiger partial charge in [-0.2, -0.15) is 0 Å². The van der Waals surface area contributed by atoms with Crippen LogP contribution in [0.3, 0.4) is 0 Å². The zero-order valence-electron chi connectivity index (χ0n) is 15.4. The maximum atomic E-state index is 12.7. The van der Waals surface area contributed by atoms with Crippen molar-refractivity contribution in [3.05, 3.63) is 107 Å². The van der Waals surface area contributed by atoms with Crippen molar-refractivity contribution in [2.24, 2.45) is 0 Å². The standard InChI is InChI=1S/C24H17ClN2O2/c25-18-8-3-7-17(15-18)23(28)26-19-11-13-20(14-12-19)27-24(29)22-10-4-6-16-5-1-2-9-21(16)22/h1-15H,(H,26,28)(H,27,29). The third-order valence-corrected chi connectivity index (χ3v) is 4.76. The van der Waals surface area contributed by atoms with Gasteiger partial charge in [-0.15, -0.1) is 0 Å². The summed E-state index contributed by atoms with van der Waals surface area (Å²) in [5, 5.41) is 8.13. The largest absolute Gasteiger partial charge is 0.322 e. The maximum Gasteiger partial charge on any atom is 0.256 e. The van der Waals surface area contributed by atoms with Gasteiger partial charge in [0.05, 0.1) is 0 Å². The SMILES string of the molecule is O=C(Nc1ccc(NC(=O)c2cccc3ccccc23)cc1)c1cccc(Cl)c1. The van der Waals surface area contributed by atoms with Gasteiger partial charge in [0.15, 0.2) is 0 Å². The normalized spacial score (nSPS) is 10.5. The second-order valence-corrected chi connectivity index (χ2v) is 6.96. The number of carbonyl (C=O) groups excluding carboxylic acids is 2. The lowest BCUT2D eigenvalue weighted by molar-refractivity contribution is 0.101. The summed E-state index contributed by atoms with van der Waals surface area (Å²) in [5.41, 5.74) is 2.36. The Kier molecular flexibility index (Phi) is 5.27. The van der Waals surface area contributed by atoms with E-state index in [0.717, 1.165) is 10.8 Å². The van der Waals surface area contributed by atoms with Crippen LogP contribution in [-0.2, 0) is 0 Å². The Balaban J connectivity index is 1.47. The van der Waals surface area contributed by atoms with Crippen molar-refractivity contribution in [3.8, 4) is 0 Å². The molecular weight excluding hydrogens is 384 g/mol. The van der Waals surface area contributed by atoms with Gasteiger partial charge in [0.2, 0.25) is 0 Å². The van der Waals surface area contributed by atoms with Crippen molar-refractivity contribution >= 4 is 45.6 Å². The smallest absolute Gasteiger partial charge is 0.256 e. The Hall–Kier alpha value is -3.63. The molecule has 142 valence electrons. The van der Waals surface area contributed by atoms with E-state index in [1.165, 1.54) is 0 Å². The highest BCUT2D eigenvalue weighted by Gasteiger charge is 2.11. The number of halogens is 1. The molecule has 29 heavy (non-hydrogen) atoms. The van der Waals surface area contributed by atoms with Crippen molar-refractivity contribution in [2.45, 2.75) is 0 Å². The fourth-order valence-corrected chi connectivity index (χ4v) is 3.28. The second-order valence-electron chi connectivity index (χ2n) is 6.52. The summed E-state index contributed by atoms with van der Waals surface area (Å²) >= 11 is 5.93. The quantitative estimate of drug-likeness (QED) is 0.441. The van der Waals surface area contributed by atoms with E-state index < -0.39 is 0 Å². The number of nitrogens with one attached hydrogen (secondary N) is 2. The predicted octanol–water partition coefficient (Wildman–Crippen LogP) is 6.00. The second kappa shape index (κ2) is 8.17. The van der Waals surface area contributed by atoms with Gasteiger partial charge in [-0.25, -0.2) is 0 Å². The van der Waals surface area contributed by atoms with Gasteiger partial charge in [0, 0.05) is 27.5 Å². The number of hydrogen-bond acceptors (Lipinski definition) is 2. The molecule has 0 aromatic heterocycles. The fraction of sp³-hybridized carbons (Fsp3) is 0. The molecule has 0 radical (unpaired) electrons. The molecule has 0 atom stereocenters. The van der Waals surface area contributed by atoms with Crippen LogP contribution >= 0.6 is 11.6 Å². The average molecular weight is 401 g/mol. The Morgan fingerprint density at radius 1 is 0.655 bits per heavy atom. The summed E-state index contributed by atoms with van der Waals surface area (Å²) in [6.45, 7) is 0. The molecule has 0 fully saturated rings. The molecule has 0 aliphatic heterocycles. The number of carbonyl (C=O) groups is 2. The van der Waals surface area contributed by atoms with Gasteiger partial charge in [-0.1, -0.05) is 54.1 Å². The average Bonchev–Trinajstić information content (AvgIpc) is 2.74. The molecule has 2 amide bonds. The molecule has 4 rings (SSSR count). The van der Waals surface area contributed by atoms with Gasteiger partial charge in [0.1, 0.15) is 0 Å². The predicted molar refractivity (Wildman–Crippen MR) is 118 cm³/mol. The highest BCUT2D eigenvalue weighted by atomic mass is 35.5. The molecule has 0 saturated heterocycles. The van der Waals surface area contributed by atoms with Crippen LogP contribution in [0, 0.1) is 0 Å². The minimum atomic E-state index is -0.250. The highest BCUT2D eigenvalue weighted by Crippen LogP contribution is 2.21. The fourth-order valence-electron chi connectivity index (χ4n) is 3.09. The van der Waals surface area contributed by atoms with Crippen LogP contribution in [0.25, 0.3) is 10.8 Å². The summed E-state index contributed by atoms with van der Waals surface area (Å²) in [6.07, 6.45) is 0. The molecule has 0 aliphatic carbocycles. The van der Waals surface area contributed by atoms with Gasteiger partial charge in [-0.05, 0) is 59.3 Å². The lowest BCUT2D eigenvalue weighted by atomic mass is 10.0. The zero-order valence-corrected chi connectivity index (χ0v) is 16.1. The van der Waals surface area contributed by atoms with Crippen molar-refractivity contribution in [2.75, 3.05) is 10.6 Å². The van der Waals surface area contributed by atoms with E-state index >= 15 is 0 Å². The van der Waals surface area contributed by atoms with E-state index in [2.05, 4.69) is 10.6 Å². The van der Waals surface area contributed by atoms with E-state index in [1.807, 2.05) is 36.4 Å². The first-order valence-corrected chi connectivity index (χ1v) is 9.44. The molecular formula is C24H17ClN2O2. The first-order chi connectivity index (χ1) is 14.1. The number of benzene rings is 4. The van der Waals surface area contributed by atoms with Crippen LogP contribution in [0.4, 0.5) is 11.4 Å². The minimum Gasteiger partial charge on any atom is -0.322 e. The Morgan fingerprint density at radius 3 is 2.00 bits per heavy atom. The van der Waals surface area contributed by atoms with E-state index in [9.17, 15) is 9.59 Å². The van der Waals surface area contributed by atoms with Crippen LogP contribution in [0.2, 0.25) is 5.02 Å². The third-order valence-electron chi connectivity index (χ3n) is 4.52. The number of rotatable bonds is 4. The number of hydrogen-bond donors (Lipinski definition) is 2. The van der Waals surface area contributed by atoms with E-state index in [0.29, 0.717) is 27.5 Å². The Bertz CT molecular complexity index is 1200. The van der Waals surface area contributed by atoms with E-state index in [-0.39, 0.29) is 11.8 Å². The molecule has 0 saturated carbocycles. The highest BCUT2D eigenvalue weighted by molar-refractivity contribution is 6.31. The van der Waals surface area contributed by atoms with Crippen LogP contribution in [-0.4, -0.2) is 11.8 Å². The number of fused-ring (bicyclic) bond motifs is 1. The molecule has 5 heteroatoms. The summed E-state index contributed by atoms with van der Waals surface area (Å²) in [4.78, 5) is 25.0. The molecule has 4 aromatic rings. The molecule has 4 nitrogen and oxygen atoms in total. The Morgan fingerprint density at radius 2 is 1.28 bits per heavy atom. The van der Waals surface area contributed by atoms with E-state index in [4.69, 9.17) is 11.6 Å². The molecule has 2 N–H and O–H groups in total. The van der Waals surface area contributed by atoms with Gasteiger partial charge in [-0.3, -0.25) is 9.59 Å². The summed E-state index contributed by atoms with van der Waals surface area (Å²) < 4.78 is 0. The van der Waals surface area contributed by atoms with Gasteiger partial charge >= 0.3 is 0 Å². The monoisotopic (exact) mass is 400 g/mol.